The fraction of sp³-hybridized carbons (Fsp3) is 0.130. The van der Waals surface area contributed by atoms with Crippen molar-refractivity contribution in [2.45, 2.75) is 10.1 Å². The van der Waals surface area contributed by atoms with E-state index in [0.717, 1.165) is 17.4 Å². The molecule has 3 aromatic carbocycles. The van der Waals surface area contributed by atoms with Crippen molar-refractivity contribution in [3.8, 4) is 5.75 Å². The number of nitrogens with one attached hydrogen (secondary N) is 1. The first kappa shape index (κ1) is 22.7. The summed E-state index contributed by atoms with van der Waals surface area (Å²) in [6, 6.07) is 20.3. The Morgan fingerprint density at radius 3 is 2.52 bits per heavy atom. The normalized spacial score (nSPS) is 11.3. The van der Waals surface area contributed by atoms with Crippen molar-refractivity contribution in [2.75, 3.05) is 29.5 Å². The van der Waals surface area contributed by atoms with Gasteiger partial charge < -0.3 is 14.1 Å². The lowest BCUT2D eigenvalue weighted by Gasteiger charge is -2.16. The van der Waals surface area contributed by atoms with Gasteiger partial charge in [0.25, 0.3) is 15.2 Å². The molecule has 1 N–H and O–H groups in total. The smallest absolute Gasteiger partial charge is 0.261 e. The van der Waals surface area contributed by atoms with Crippen LogP contribution < -0.4 is 14.4 Å². The van der Waals surface area contributed by atoms with Crippen molar-refractivity contribution in [3.05, 3.63) is 72.8 Å². The molecule has 0 unspecified atom stereocenters. The van der Waals surface area contributed by atoms with Crippen molar-refractivity contribution >= 4 is 50.2 Å². The number of rotatable bonds is 8. The molecule has 10 heteroatoms. The van der Waals surface area contributed by atoms with E-state index in [0.29, 0.717) is 22.5 Å². The van der Waals surface area contributed by atoms with Gasteiger partial charge in [-0.3, -0.25) is 9.52 Å². The standard InChI is InChI=1S/C23H21N3O5S2/c1-26(17-6-4-3-5-7-17)22(27)15-32-23-24-20-14-19(12-13-21(20)31-23)33(28,29)25-16-8-10-18(30-2)11-9-16/h3-14,25H,15H2,1-2H3. The van der Waals surface area contributed by atoms with E-state index < -0.39 is 10.0 Å². The molecule has 0 aliphatic rings. The van der Waals surface area contributed by atoms with Crippen LogP contribution in [-0.4, -0.2) is 39.2 Å². The monoisotopic (exact) mass is 483 g/mol. The molecule has 1 aromatic heterocycles. The minimum Gasteiger partial charge on any atom is -0.497 e. The molecule has 0 aliphatic carbocycles. The number of amides is 1. The van der Waals surface area contributed by atoms with Gasteiger partial charge in [0.1, 0.15) is 11.3 Å². The van der Waals surface area contributed by atoms with E-state index in [9.17, 15) is 13.2 Å². The Balaban J connectivity index is 1.46. The number of carbonyl (C=O) groups excluding carboxylic acids is 1. The van der Waals surface area contributed by atoms with Gasteiger partial charge in [-0.2, -0.15) is 0 Å². The summed E-state index contributed by atoms with van der Waals surface area (Å²) in [4.78, 5) is 18.4. The molecule has 170 valence electrons. The molecule has 1 amide bonds. The van der Waals surface area contributed by atoms with Crippen LogP contribution in [0.15, 0.2) is 87.3 Å². The van der Waals surface area contributed by atoms with Crippen LogP contribution in [0.1, 0.15) is 0 Å². The van der Waals surface area contributed by atoms with Gasteiger partial charge in [0.15, 0.2) is 5.58 Å². The summed E-state index contributed by atoms with van der Waals surface area (Å²) in [5.74, 6) is 0.642. The average Bonchev–Trinajstić information content (AvgIpc) is 3.25. The maximum atomic E-state index is 12.8. The zero-order chi connectivity index (χ0) is 23.4. The number of hydrogen-bond acceptors (Lipinski definition) is 7. The number of ether oxygens (including phenoxy) is 1. The number of para-hydroxylation sites is 1. The number of anilines is 2. The van der Waals surface area contributed by atoms with Crippen LogP contribution in [0, 0.1) is 0 Å². The van der Waals surface area contributed by atoms with Crippen LogP contribution in [-0.2, 0) is 14.8 Å². The molecule has 1 heterocycles. The van der Waals surface area contributed by atoms with E-state index in [2.05, 4.69) is 9.71 Å². The highest BCUT2D eigenvalue weighted by Crippen LogP contribution is 2.27. The van der Waals surface area contributed by atoms with Crippen LogP contribution in [0.4, 0.5) is 11.4 Å². The first-order chi connectivity index (χ1) is 15.9. The average molecular weight is 484 g/mol. The number of thioether (sulfide) groups is 1. The van der Waals surface area contributed by atoms with Gasteiger partial charge in [-0.05, 0) is 54.6 Å². The lowest BCUT2D eigenvalue weighted by atomic mass is 10.3. The predicted molar refractivity (Wildman–Crippen MR) is 128 cm³/mol. The molecule has 0 atom stereocenters. The molecule has 4 rings (SSSR count). The minimum absolute atomic E-state index is 0.0514. The van der Waals surface area contributed by atoms with Gasteiger partial charge in [0.05, 0.1) is 17.8 Å². The van der Waals surface area contributed by atoms with Crippen LogP contribution in [0.2, 0.25) is 0 Å². The summed E-state index contributed by atoms with van der Waals surface area (Å²) in [6.45, 7) is 0. The molecule has 0 spiro atoms. The third-order valence-electron chi connectivity index (χ3n) is 4.83. The molecule has 0 bridgehead atoms. The molecule has 0 radical (unpaired) electrons. The third-order valence-corrected chi connectivity index (χ3v) is 7.02. The molecular weight excluding hydrogens is 462 g/mol. The second-order valence-electron chi connectivity index (χ2n) is 7.02. The lowest BCUT2D eigenvalue weighted by molar-refractivity contribution is -0.115. The number of hydrogen-bond donors (Lipinski definition) is 1. The van der Waals surface area contributed by atoms with Gasteiger partial charge in [-0.15, -0.1) is 0 Å². The maximum absolute atomic E-state index is 12.8. The highest BCUT2D eigenvalue weighted by Gasteiger charge is 2.18. The fourth-order valence-electron chi connectivity index (χ4n) is 3.00. The molecule has 0 aliphatic heterocycles. The highest BCUT2D eigenvalue weighted by molar-refractivity contribution is 7.99. The van der Waals surface area contributed by atoms with Crippen molar-refractivity contribution < 1.29 is 22.4 Å². The van der Waals surface area contributed by atoms with Gasteiger partial charge in [-0.1, -0.05) is 30.0 Å². The SMILES string of the molecule is COc1ccc(NS(=O)(=O)c2ccc3oc(SCC(=O)N(C)c4ccccc4)nc3c2)cc1. The number of fused-ring (bicyclic) bond motifs is 1. The van der Waals surface area contributed by atoms with Crippen LogP contribution in [0.25, 0.3) is 11.1 Å². The van der Waals surface area contributed by atoms with Crippen molar-refractivity contribution in [1.82, 2.24) is 4.98 Å². The van der Waals surface area contributed by atoms with Crippen molar-refractivity contribution in [3.63, 3.8) is 0 Å². The van der Waals surface area contributed by atoms with Crippen molar-refractivity contribution in [2.24, 2.45) is 0 Å². The molecule has 33 heavy (non-hydrogen) atoms. The third kappa shape index (κ3) is 5.29. The Labute approximate surface area is 195 Å². The first-order valence-corrected chi connectivity index (χ1v) is 12.3. The summed E-state index contributed by atoms with van der Waals surface area (Å²) in [7, 11) is -0.579. The number of methoxy groups -OCH3 is 1. The highest BCUT2D eigenvalue weighted by atomic mass is 32.2. The van der Waals surface area contributed by atoms with E-state index in [4.69, 9.17) is 9.15 Å². The Morgan fingerprint density at radius 1 is 1.09 bits per heavy atom. The number of sulfonamides is 1. The van der Waals surface area contributed by atoms with Crippen LogP contribution >= 0.6 is 11.8 Å². The second kappa shape index (κ2) is 9.55. The zero-order valence-electron chi connectivity index (χ0n) is 17.9. The number of nitrogens with zero attached hydrogens (tertiary/aromatic N) is 2. The van der Waals surface area contributed by atoms with E-state index in [1.165, 1.54) is 19.2 Å². The summed E-state index contributed by atoms with van der Waals surface area (Å²) in [6.07, 6.45) is 0. The maximum Gasteiger partial charge on any atom is 0.261 e. The van der Waals surface area contributed by atoms with Crippen molar-refractivity contribution in [1.29, 1.82) is 0 Å². The molecule has 8 nitrogen and oxygen atoms in total. The summed E-state index contributed by atoms with van der Waals surface area (Å²) in [5.41, 5.74) is 2.02. The quantitative estimate of drug-likeness (QED) is 0.371. The summed E-state index contributed by atoms with van der Waals surface area (Å²) >= 11 is 1.15. The van der Waals surface area contributed by atoms with Gasteiger partial charge in [0, 0.05) is 18.4 Å². The second-order valence-corrected chi connectivity index (χ2v) is 9.63. The van der Waals surface area contributed by atoms with E-state index in [1.54, 1.807) is 42.3 Å². The molecule has 0 fully saturated rings. The fourth-order valence-corrected chi connectivity index (χ4v) is 4.83. The van der Waals surface area contributed by atoms with E-state index >= 15 is 0 Å². The molecule has 0 saturated carbocycles. The Bertz CT molecular complexity index is 1370. The van der Waals surface area contributed by atoms with Crippen LogP contribution in [0.3, 0.4) is 0 Å². The largest absolute Gasteiger partial charge is 0.497 e. The number of oxazole rings is 1. The van der Waals surface area contributed by atoms with Gasteiger partial charge in [-0.25, -0.2) is 13.4 Å². The van der Waals surface area contributed by atoms with E-state index in [-0.39, 0.29) is 21.8 Å². The number of benzene rings is 3. The Hall–Kier alpha value is -3.50. The van der Waals surface area contributed by atoms with Gasteiger partial charge in [0.2, 0.25) is 5.91 Å². The number of aromatic nitrogens is 1. The molecular formula is C23H21N3O5S2. The minimum atomic E-state index is -3.82. The summed E-state index contributed by atoms with van der Waals surface area (Å²) < 4.78 is 38.8. The van der Waals surface area contributed by atoms with Crippen LogP contribution in [0.5, 0.6) is 5.75 Å². The predicted octanol–water partition coefficient (Wildman–Crippen LogP) is 4.39. The molecule has 0 saturated heterocycles. The zero-order valence-corrected chi connectivity index (χ0v) is 19.5. The number of carbonyl (C=O) groups is 1. The Kier molecular flexibility index (Phi) is 6.57. The van der Waals surface area contributed by atoms with E-state index in [1.807, 2.05) is 30.3 Å². The lowest BCUT2D eigenvalue weighted by Crippen LogP contribution is -2.27. The first-order valence-electron chi connectivity index (χ1n) is 9.87. The Morgan fingerprint density at radius 2 is 1.82 bits per heavy atom. The topological polar surface area (TPSA) is 102 Å². The summed E-state index contributed by atoms with van der Waals surface area (Å²) in [5, 5.41) is 0.289. The molecule has 4 aromatic rings. The van der Waals surface area contributed by atoms with Gasteiger partial charge >= 0.3 is 0 Å².